The normalized spacial score (nSPS) is 24.1. The van der Waals surface area contributed by atoms with Gasteiger partial charge >= 0.3 is 18.2 Å². The molecule has 0 spiro atoms. The summed E-state index contributed by atoms with van der Waals surface area (Å²) in [5.41, 5.74) is 0. The molecule has 0 bridgehead atoms. The van der Waals surface area contributed by atoms with Gasteiger partial charge in [0, 0.05) is 5.75 Å². The molecule has 0 radical (unpaired) electrons. The molecule has 2 unspecified atom stereocenters. The molecule has 1 saturated heterocycles. The van der Waals surface area contributed by atoms with E-state index >= 15 is 0 Å². The van der Waals surface area contributed by atoms with Gasteiger partial charge in [-0.15, -0.1) is 11.8 Å². The summed E-state index contributed by atoms with van der Waals surface area (Å²) in [6, 6.07) is -2.07. The Labute approximate surface area is 106 Å². The van der Waals surface area contributed by atoms with Gasteiger partial charge in [-0.05, 0) is 6.42 Å². The van der Waals surface area contributed by atoms with Gasteiger partial charge in [0.1, 0.15) is 12.6 Å². The van der Waals surface area contributed by atoms with Gasteiger partial charge in [-0.25, -0.2) is 9.59 Å². The molecule has 0 aliphatic carbocycles. The van der Waals surface area contributed by atoms with Crippen molar-refractivity contribution >= 4 is 23.8 Å². The lowest BCUT2D eigenvalue weighted by Crippen LogP contribution is -2.51. The van der Waals surface area contributed by atoms with Gasteiger partial charge in [-0.3, -0.25) is 4.90 Å². The van der Waals surface area contributed by atoms with E-state index in [4.69, 9.17) is 5.11 Å². The Bertz CT molecular complexity index is 338. The Hall–Kier alpha value is -1.12. The summed E-state index contributed by atoms with van der Waals surface area (Å²) in [5.74, 6) is -1.02. The van der Waals surface area contributed by atoms with Crippen LogP contribution in [0, 0.1) is 0 Å². The summed E-state index contributed by atoms with van der Waals surface area (Å²) in [5, 5.41) is 10.2. The molecule has 1 rings (SSSR count). The summed E-state index contributed by atoms with van der Waals surface area (Å²) < 4.78 is 35.9. The van der Waals surface area contributed by atoms with Crippen LogP contribution in [0.2, 0.25) is 0 Å². The third-order valence-corrected chi connectivity index (χ3v) is 3.85. The van der Waals surface area contributed by atoms with E-state index in [0.717, 1.165) is 4.90 Å². The lowest BCUT2D eigenvalue weighted by atomic mass is 10.3. The number of nitrogens with zero attached hydrogens (tertiary/aromatic N) is 1. The van der Waals surface area contributed by atoms with E-state index in [1.54, 1.807) is 12.2 Å². The number of hydrogen-bond donors (Lipinski definition) is 2. The first-order valence-corrected chi connectivity index (χ1v) is 6.28. The maximum atomic E-state index is 12.0. The highest BCUT2D eigenvalue weighted by Crippen LogP contribution is 2.31. The van der Waals surface area contributed by atoms with Crippen LogP contribution < -0.4 is 5.32 Å². The lowest BCUT2D eigenvalue weighted by Gasteiger charge is -2.26. The molecule has 18 heavy (non-hydrogen) atoms. The molecule has 9 heteroatoms. The van der Waals surface area contributed by atoms with Gasteiger partial charge < -0.3 is 10.4 Å². The predicted octanol–water partition coefficient (Wildman–Crippen LogP) is 1.50. The van der Waals surface area contributed by atoms with E-state index in [1.165, 1.54) is 11.8 Å². The average molecular weight is 286 g/mol. The minimum atomic E-state index is -4.51. The van der Waals surface area contributed by atoms with Crippen LogP contribution in [-0.2, 0) is 4.79 Å². The second-order valence-electron chi connectivity index (χ2n) is 3.73. The van der Waals surface area contributed by atoms with Crippen molar-refractivity contribution in [3.8, 4) is 0 Å². The van der Waals surface area contributed by atoms with E-state index in [0.29, 0.717) is 6.42 Å². The Balaban J connectivity index is 2.69. The van der Waals surface area contributed by atoms with Crippen LogP contribution in [0.4, 0.5) is 18.0 Å². The number of carbonyl (C=O) groups is 2. The number of aliphatic carboxylic acids is 1. The Morgan fingerprint density at radius 2 is 2.11 bits per heavy atom. The van der Waals surface area contributed by atoms with Crippen molar-refractivity contribution < 1.29 is 27.9 Å². The lowest BCUT2D eigenvalue weighted by molar-refractivity contribution is -0.141. The fraction of sp³-hybridized carbons (Fsp3) is 0.778. The van der Waals surface area contributed by atoms with Crippen molar-refractivity contribution in [3.05, 3.63) is 0 Å². The molecule has 0 aromatic rings. The van der Waals surface area contributed by atoms with Crippen molar-refractivity contribution in [2.45, 2.75) is 30.9 Å². The van der Waals surface area contributed by atoms with Crippen molar-refractivity contribution in [1.29, 1.82) is 0 Å². The summed E-state index contributed by atoms with van der Waals surface area (Å²) in [6.07, 6.45) is -4.03. The number of carboxylic acids is 1. The smallest absolute Gasteiger partial charge is 0.405 e. The molecule has 5 nitrogen and oxygen atoms in total. The van der Waals surface area contributed by atoms with Gasteiger partial charge in [-0.2, -0.15) is 13.2 Å². The van der Waals surface area contributed by atoms with E-state index < -0.39 is 36.1 Å². The largest absolute Gasteiger partial charge is 0.480 e. The number of alkyl halides is 3. The first kappa shape index (κ1) is 14.9. The second kappa shape index (κ2) is 5.68. The number of carbonyl (C=O) groups excluding carboxylic acids is 1. The monoisotopic (exact) mass is 286 g/mol. The number of hydrogen-bond acceptors (Lipinski definition) is 3. The van der Waals surface area contributed by atoms with Crippen LogP contribution in [0.5, 0.6) is 0 Å². The van der Waals surface area contributed by atoms with Crippen LogP contribution in [0.15, 0.2) is 0 Å². The zero-order valence-corrected chi connectivity index (χ0v) is 10.3. The number of halogens is 3. The molecule has 104 valence electrons. The zero-order chi connectivity index (χ0) is 13.9. The highest BCUT2D eigenvalue weighted by Gasteiger charge is 2.41. The Morgan fingerprint density at radius 3 is 2.56 bits per heavy atom. The van der Waals surface area contributed by atoms with Crippen LogP contribution in [-0.4, -0.2) is 51.9 Å². The Kier molecular flexibility index (Phi) is 4.71. The van der Waals surface area contributed by atoms with Gasteiger partial charge in [0.25, 0.3) is 0 Å². The fourth-order valence-electron chi connectivity index (χ4n) is 1.61. The summed E-state index contributed by atoms with van der Waals surface area (Å²) in [6.45, 7) is 0.279. The maximum absolute atomic E-state index is 12.0. The molecular weight excluding hydrogens is 273 g/mol. The highest BCUT2D eigenvalue weighted by molar-refractivity contribution is 8.00. The van der Waals surface area contributed by atoms with E-state index in [1.807, 2.05) is 0 Å². The summed E-state index contributed by atoms with van der Waals surface area (Å²) in [7, 11) is 0. The minimum absolute atomic E-state index is 0.188. The van der Waals surface area contributed by atoms with Crippen molar-refractivity contribution in [2.75, 3.05) is 12.3 Å². The molecule has 2 atom stereocenters. The molecular formula is C9H13F3N2O3S. The van der Waals surface area contributed by atoms with Gasteiger partial charge in [0.2, 0.25) is 0 Å². The molecule has 2 N–H and O–H groups in total. The number of amides is 2. The van der Waals surface area contributed by atoms with Crippen LogP contribution >= 0.6 is 11.8 Å². The van der Waals surface area contributed by atoms with E-state index in [-0.39, 0.29) is 5.75 Å². The molecule has 0 saturated carbocycles. The van der Waals surface area contributed by atoms with Gasteiger partial charge in [0.15, 0.2) is 0 Å². The van der Waals surface area contributed by atoms with Crippen LogP contribution in [0.25, 0.3) is 0 Å². The summed E-state index contributed by atoms with van der Waals surface area (Å²) >= 11 is 1.25. The second-order valence-corrected chi connectivity index (χ2v) is 4.94. The third-order valence-electron chi connectivity index (χ3n) is 2.40. The number of thioether (sulfide) groups is 1. The first-order valence-electron chi connectivity index (χ1n) is 5.23. The van der Waals surface area contributed by atoms with E-state index in [2.05, 4.69) is 0 Å². The fourth-order valence-corrected chi connectivity index (χ4v) is 2.95. The van der Waals surface area contributed by atoms with Crippen molar-refractivity contribution in [2.24, 2.45) is 0 Å². The summed E-state index contributed by atoms with van der Waals surface area (Å²) in [4.78, 5) is 23.5. The quantitative estimate of drug-likeness (QED) is 0.825. The number of urea groups is 1. The minimum Gasteiger partial charge on any atom is -0.480 e. The van der Waals surface area contributed by atoms with Crippen LogP contribution in [0.3, 0.4) is 0 Å². The number of rotatable bonds is 3. The molecule has 2 amide bonds. The predicted molar refractivity (Wildman–Crippen MR) is 59.3 cm³/mol. The average Bonchev–Trinajstić information content (AvgIpc) is 2.68. The molecule has 0 aromatic carbocycles. The Morgan fingerprint density at radius 1 is 1.50 bits per heavy atom. The molecule has 1 fully saturated rings. The van der Waals surface area contributed by atoms with Gasteiger partial charge in [-0.1, -0.05) is 6.92 Å². The topological polar surface area (TPSA) is 69.6 Å². The first-order chi connectivity index (χ1) is 8.26. The van der Waals surface area contributed by atoms with Crippen molar-refractivity contribution in [1.82, 2.24) is 10.2 Å². The van der Waals surface area contributed by atoms with Crippen LogP contribution in [0.1, 0.15) is 13.3 Å². The SMILES string of the molecule is CCC1SCC(C(=O)O)N1C(=O)NCC(F)(F)F. The zero-order valence-electron chi connectivity index (χ0n) is 9.53. The van der Waals surface area contributed by atoms with Crippen molar-refractivity contribution in [3.63, 3.8) is 0 Å². The van der Waals surface area contributed by atoms with E-state index in [9.17, 15) is 22.8 Å². The van der Waals surface area contributed by atoms with Gasteiger partial charge in [0.05, 0.1) is 5.37 Å². The molecule has 1 aliphatic heterocycles. The third kappa shape index (κ3) is 3.69. The number of nitrogens with one attached hydrogen (secondary N) is 1. The standard InChI is InChI=1S/C9H13F3N2O3S/c1-2-6-14(5(3-18-6)7(15)16)8(17)13-4-9(10,11)12/h5-6H,2-4H2,1H3,(H,13,17)(H,15,16). The maximum Gasteiger partial charge on any atom is 0.405 e. The highest BCUT2D eigenvalue weighted by atomic mass is 32.2. The molecule has 1 heterocycles. The molecule has 1 aliphatic rings. The molecule has 0 aromatic heterocycles. The number of carboxylic acid groups (broad SMARTS) is 1.